The molecule has 0 N–H and O–H groups in total. The molecule has 15 heavy (non-hydrogen) atoms. The number of carbonyl (C=O) groups is 1. The lowest BCUT2D eigenvalue weighted by atomic mass is 10.3. The van der Waals surface area contributed by atoms with E-state index in [9.17, 15) is 4.79 Å². The van der Waals surface area contributed by atoms with Gasteiger partial charge in [0.05, 0.1) is 15.6 Å². The van der Waals surface area contributed by atoms with Crippen LogP contribution in [-0.4, -0.2) is 12.4 Å². The summed E-state index contributed by atoms with van der Waals surface area (Å²) >= 11 is 10.2. The largest absolute Gasteiger partial charge is 0.491 e. The zero-order valence-corrected chi connectivity index (χ0v) is 12.8. The molecule has 0 aliphatic carbocycles. The number of hydrogen-bond acceptors (Lipinski definition) is 2. The molecule has 1 aromatic carbocycles. The number of benzene rings is 1. The molecule has 0 spiro atoms. The van der Waals surface area contributed by atoms with E-state index in [0.29, 0.717) is 13.0 Å². The Balaban J connectivity index is 2.72. The number of carbonyl (C=O) groups excluding carboxylic acids is 1. The summed E-state index contributed by atoms with van der Waals surface area (Å²) in [4.78, 5) is 10.7. The summed E-state index contributed by atoms with van der Waals surface area (Å²) in [6.45, 7) is 1.95. The molecule has 0 fully saturated rings. The molecule has 0 heterocycles. The van der Waals surface area contributed by atoms with E-state index in [0.717, 1.165) is 19.2 Å². The van der Waals surface area contributed by atoms with Gasteiger partial charge in [0.1, 0.15) is 11.5 Å². The highest BCUT2D eigenvalue weighted by Crippen LogP contribution is 2.36. The maximum atomic E-state index is 10.7. The SMILES string of the molecule is CC(=O)CCOc1c(Br)cc(Br)cc1Br. The first kappa shape index (κ1) is 13.2. The molecule has 82 valence electrons. The Morgan fingerprint density at radius 3 is 2.27 bits per heavy atom. The Morgan fingerprint density at radius 1 is 1.27 bits per heavy atom. The fraction of sp³-hybridized carbons (Fsp3) is 0.300. The molecule has 0 radical (unpaired) electrons. The number of Topliss-reactive ketones (excluding diaryl/α,β-unsaturated/α-hetero) is 1. The quantitative estimate of drug-likeness (QED) is 0.751. The summed E-state index contributed by atoms with van der Waals surface area (Å²) in [5, 5.41) is 0. The standard InChI is InChI=1S/C10H9Br3O2/c1-6(14)2-3-15-10-8(12)4-7(11)5-9(10)13/h4-5H,2-3H2,1H3. The van der Waals surface area contributed by atoms with Crippen molar-refractivity contribution in [2.45, 2.75) is 13.3 Å². The predicted octanol–water partition coefficient (Wildman–Crippen LogP) is 4.33. The van der Waals surface area contributed by atoms with Crippen LogP contribution in [0.1, 0.15) is 13.3 Å². The molecular formula is C10H9Br3O2. The highest BCUT2D eigenvalue weighted by atomic mass is 79.9. The van der Waals surface area contributed by atoms with Gasteiger partial charge in [0.25, 0.3) is 0 Å². The highest BCUT2D eigenvalue weighted by Gasteiger charge is 2.08. The number of halogens is 3. The number of ketones is 1. The van der Waals surface area contributed by atoms with E-state index in [1.165, 1.54) is 0 Å². The molecule has 0 saturated heterocycles. The summed E-state index contributed by atoms with van der Waals surface area (Å²) in [6, 6.07) is 3.79. The number of rotatable bonds is 4. The second kappa shape index (κ2) is 6.01. The Bertz CT molecular complexity index is 354. The molecule has 1 aromatic rings. The van der Waals surface area contributed by atoms with Crippen LogP contribution in [0.25, 0.3) is 0 Å². The first-order valence-electron chi connectivity index (χ1n) is 4.27. The Labute approximate surface area is 114 Å². The van der Waals surface area contributed by atoms with Gasteiger partial charge >= 0.3 is 0 Å². The first-order chi connectivity index (χ1) is 7.00. The number of ether oxygens (including phenoxy) is 1. The lowest BCUT2D eigenvalue weighted by Gasteiger charge is -2.09. The monoisotopic (exact) mass is 398 g/mol. The third-order valence-electron chi connectivity index (χ3n) is 1.66. The maximum Gasteiger partial charge on any atom is 0.147 e. The average molecular weight is 401 g/mol. The fourth-order valence-electron chi connectivity index (χ4n) is 0.964. The van der Waals surface area contributed by atoms with Gasteiger partial charge < -0.3 is 4.74 Å². The first-order valence-corrected chi connectivity index (χ1v) is 6.65. The van der Waals surface area contributed by atoms with E-state index >= 15 is 0 Å². The normalized spacial score (nSPS) is 10.1. The van der Waals surface area contributed by atoms with Gasteiger partial charge in [-0.3, -0.25) is 4.79 Å². The van der Waals surface area contributed by atoms with Crippen molar-refractivity contribution in [3.8, 4) is 5.75 Å². The van der Waals surface area contributed by atoms with Crippen LogP contribution in [0, 0.1) is 0 Å². The molecule has 2 nitrogen and oxygen atoms in total. The van der Waals surface area contributed by atoms with Gasteiger partial charge in [-0.1, -0.05) is 15.9 Å². The summed E-state index contributed by atoms with van der Waals surface area (Å²) < 4.78 is 8.16. The highest BCUT2D eigenvalue weighted by molar-refractivity contribution is 9.11. The molecule has 5 heteroatoms. The topological polar surface area (TPSA) is 26.3 Å². The van der Waals surface area contributed by atoms with Crippen LogP contribution >= 0.6 is 47.8 Å². The smallest absolute Gasteiger partial charge is 0.147 e. The molecule has 1 rings (SSSR count). The van der Waals surface area contributed by atoms with Crippen LogP contribution in [0.15, 0.2) is 25.6 Å². The van der Waals surface area contributed by atoms with Crippen molar-refractivity contribution in [3.05, 3.63) is 25.6 Å². The van der Waals surface area contributed by atoms with Crippen LogP contribution in [-0.2, 0) is 4.79 Å². The molecule has 0 unspecified atom stereocenters. The molecule has 0 aliphatic rings. The van der Waals surface area contributed by atoms with Gasteiger partial charge in [-0.05, 0) is 50.9 Å². The van der Waals surface area contributed by atoms with E-state index in [1.54, 1.807) is 6.92 Å². The Hall–Kier alpha value is 0.130. The molecular weight excluding hydrogens is 392 g/mol. The van der Waals surface area contributed by atoms with Crippen molar-refractivity contribution in [2.24, 2.45) is 0 Å². The molecule has 0 amide bonds. The van der Waals surface area contributed by atoms with Gasteiger partial charge in [0, 0.05) is 10.9 Å². The van der Waals surface area contributed by atoms with Crippen molar-refractivity contribution in [1.29, 1.82) is 0 Å². The van der Waals surface area contributed by atoms with Crippen molar-refractivity contribution < 1.29 is 9.53 Å². The van der Waals surface area contributed by atoms with Gasteiger partial charge in [0.15, 0.2) is 0 Å². The minimum atomic E-state index is 0.124. The molecule has 0 saturated carbocycles. The third kappa shape index (κ3) is 4.25. The van der Waals surface area contributed by atoms with E-state index < -0.39 is 0 Å². The van der Waals surface area contributed by atoms with Crippen LogP contribution in [0.3, 0.4) is 0 Å². The molecule has 0 aromatic heterocycles. The van der Waals surface area contributed by atoms with Crippen LogP contribution < -0.4 is 4.74 Å². The Kier molecular flexibility index (Phi) is 5.29. The molecule has 0 atom stereocenters. The third-order valence-corrected chi connectivity index (χ3v) is 3.30. The second-order valence-corrected chi connectivity index (χ2v) is 5.62. The van der Waals surface area contributed by atoms with Gasteiger partial charge in [-0.2, -0.15) is 0 Å². The van der Waals surface area contributed by atoms with Crippen LogP contribution in [0.4, 0.5) is 0 Å². The minimum Gasteiger partial charge on any atom is -0.491 e. The second-order valence-electron chi connectivity index (χ2n) is 3.00. The zero-order valence-electron chi connectivity index (χ0n) is 8.02. The van der Waals surface area contributed by atoms with Crippen molar-refractivity contribution in [2.75, 3.05) is 6.61 Å². The summed E-state index contributed by atoms with van der Waals surface area (Å²) in [6.07, 6.45) is 0.426. The van der Waals surface area contributed by atoms with Gasteiger partial charge in [-0.15, -0.1) is 0 Å². The summed E-state index contributed by atoms with van der Waals surface area (Å²) in [7, 11) is 0. The molecule has 0 bridgehead atoms. The predicted molar refractivity (Wildman–Crippen MR) is 70.3 cm³/mol. The van der Waals surface area contributed by atoms with E-state index in [1.807, 2.05) is 12.1 Å². The van der Waals surface area contributed by atoms with Crippen molar-refractivity contribution >= 4 is 53.6 Å². The maximum absolute atomic E-state index is 10.7. The van der Waals surface area contributed by atoms with E-state index in [4.69, 9.17) is 4.74 Å². The lowest BCUT2D eigenvalue weighted by Crippen LogP contribution is -2.03. The van der Waals surface area contributed by atoms with Gasteiger partial charge in [-0.25, -0.2) is 0 Å². The molecule has 0 aliphatic heterocycles. The van der Waals surface area contributed by atoms with E-state index in [-0.39, 0.29) is 5.78 Å². The fourth-order valence-corrected chi connectivity index (χ4v) is 3.45. The Morgan fingerprint density at radius 2 is 1.80 bits per heavy atom. The van der Waals surface area contributed by atoms with Crippen LogP contribution in [0.2, 0.25) is 0 Å². The lowest BCUT2D eigenvalue weighted by molar-refractivity contribution is -0.117. The minimum absolute atomic E-state index is 0.124. The number of hydrogen-bond donors (Lipinski definition) is 0. The average Bonchev–Trinajstić information content (AvgIpc) is 2.08. The summed E-state index contributed by atoms with van der Waals surface area (Å²) in [5.41, 5.74) is 0. The van der Waals surface area contributed by atoms with Gasteiger partial charge in [0.2, 0.25) is 0 Å². The van der Waals surface area contributed by atoms with Crippen molar-refractivity contribution in [1.82, 2.24) is 0 Å². The van der Waals surface area contributed by atoms with Crippen LogP contribution in [0.5, 0.6) is 5.75 Å². The van der Waals surface area contributed by atoms with E-state index in [2.05, 4.69) is 47.8 Å². The summed E-state index contributed by atoms with van der Waals surface area (Å²) in [5.74, 6) is 0.846. The van der Waals surface area contributed by atoms with Crippen molar-refractivity contribution in [3.63, 3.8) is 0 Å². The zero-order chi connectivity index (χ0) is 11.4.